The van der Waals surface area contributed by atoms with Crippen molar-refractivity contribution in [1.29, 1.82) is 0 Å². The Labute approximate surface area is 120 Å². The number of nitrogens with zero attached hydrogens (tertiary/aromatic N) is 2. The molecule has 20 heavy (non-hydrogen) atoms. The highest BCUT2D eigenvalue weighted by Gasteiger charge is 2.39. The number of carbonyl (C=O) groups is 2. The molecule has 1 heterocycles. The minimum absolute atomic E-state index is 0.0949. The normalized spacial score (nSPS) is 25.1. The van der Waals surface area contributed by atoms with E-state index in [4.69, 9.17) is 5.11 Å². The third-order valence-electron chi connectivity index (χ3n) is 4.86. The Balaban J connectivity index is 1.84. The molecule has 2 amide bonds. The average Bonchev–Trinajstić information content (AvgIpc) is 2.37. The van der Waals surface area contributed by atoms with Gasteiger partial charge >= 0.3 is 12.0 Å². The van der Waals surface area contributed by atoms with E-state index in [9.17, 15) is 9.59 Å². The third kappa shape index (κ3) is 3.06. The average molecular weight is 283 g/mol. The van der Waals surface area contributed by atoms with Crippen molar-refractivity contribution in [3.05, 3.63) is 0 Å². The number of carbonyl (C=O) groups excluding carboxylic acids is 1. The van der Waals surface area contributed by atoms with Gasteiger partial charge in [-0.15, -0.1) is 0 Å². The van der Waals surface area contributed by atoms with Crippen LogP contribution in [0.4, 0.5) is 4.79 Å². The van der Waals surface area contributed by atoms with Gasteiger partial charge in [-0.25, -0.2) is 4.79 Å². The summed E-state index contributed by atoms with van der Waals surface area (Å²) >= 11 is 0. The zero-order chi connectivity index (χ0) is 14.8. The first-order valence-corrected chi connectivity index (χ1v) is 7.38. The second-order valence-electron chi connectivity index (χ2n) is 6.25. The molecule has 0 spiro atoms. The number of carboxylic acid groups (broad SMARTS) is 1. The van der Waals surface area contributed by atoms with Gasteiger partial charge in [0.2, 0.25) is 0 Å². The van der Waals surface area contributed by atoms with E-state index in [1.165, 1.54) is 6.42 Å². The van der Waals surface area contributed by atoms with Crippen molar-refractivity contribution < 1.29 is 14.7 Å². The standard InChI is InChI=1S/C14H25N3O3/c1-16(2)14(6-4-7-14)10-15-13(20)17-8-3-5-11(9-17)12(18)19/h11H,3-10H2,1-2H3,(H,15,20)(H,18,19)/t11-/m0/s1. The maximum atomic E-state index is 12.2. The molecule has 6 nitrogen and oxygen atoms in total. The quantitative estimate of drug-likeness (QED) is 0.806. The Morgan fingerprint density at radius 2 is 2.05 bits per heavy atom. The Morgan fingerprint density at radius 3 is 2.55 bits per heavy atom. The highest BCUT2D eigenvalue weighted by Crippen LogP contribution is 2.35. The van der Waals surface area contributed by atoms with Crippen molar-refractivity contribution in [3.8, 4) is 0 Å². The van der Waals surface area contributed by atoms with E-state index in [1.807, 2.05) is 14.1 Å². The summed E-state index contributed by atoms with van der Waals surface area (Å²) in [5, 5.41) is 12.0. The Hall–Kier alpha value is -1.30. The van der Waals surface area contributed by atoms with Crippen LogP contribution in [-0.4, -0.2) is 66.2 Å². The Bertz CT molecular complexity index is 380. The lowest BCUT2D eigenvalue weighted by molar-refractivity contribution is -0.143. The van der Waals surface area contributed by atoms with E-state index in [1.54, 1.807) is 4.90 Å². The van der Waals surface area contributed by atoms with Crippen molar-refractivity contribution in [1.82, 2.24) is 15.1 Å². The third-order valence-corrected chi connectivity index (χ3v) is 4.86. The number of rotatable bonds is 4. The van der Waals surface area contributed by atoms with Gasteiger partial charge in [-0.05, 0) is 46.2 Å². The van der Waals surface area contributed by atoms with Crippen molar-refractivity contribution in [2.24, 2.45) is 5.92 Å². The lowest BCUT2D eigenvalue weighted by atomic mass is 9.75. The molecule has 0 radical (unpaired) electrons. The molecule has 1 atom stereocenters. The molecular weight excluding hydrogens is 258 g/mol. The minimum Gasteiger partial charge on any atom is -0.481 e. The number of piperidine rings is 1. The van der Waals surface area contributed by atoms with Crippen molar-refractivity contribution in [2.75, 3.05) is 33.7 Å². The second-order valence-corrected chi connectivity index (χ2v) is 6.25. The first-order chi connectivity index (χ1) is 9.44. The first kappa shape index (κ1) is 15.1. The van der Waals surface area contributed by atoms with Gasteiger partial charge in [0, 0.05) is 25.2 Å². The molecule has 1 aliphatic carbocycles. The van der Waals surface area contributed by atoms with Gasteiger partial charge in [0.25, 0.3) is 0 Å². The van der Waals surface area contributed by atoms with Gasteiger partial charge < -0.3 is 20.2 Å². The van der Waals surface area contributed by atoms with Gasteiger partial charge in [0.15, 0.2) is 0 Å². The molecule has 0 aromatic rings. The van der Waals surface area contributed by atoms with Gasteiger partial charge in [-0.1, -0.05) is 0 Å². The van der Waals surface area contributed by atoms with Gasteiger partial charge in [0.1, 0.15) is 0 Å². The number of urea groups is 1. The number of hydrogen-bond donors (Lipinski definition) is 2. The van der Waals surface area contributed by atoms with Crippen LogP contribution in [0.2, 0.25) is 0 Å². The predicted molar refractivity (Wildman–Crippen MR) is 75.6 cm³/mol. The van der Waals surface area contributed by atoms with E-state index < -0.39 is 11.9 Å². The smallest absolute Gasteiger partial charge is 0.317 e. The van der Waals surface area contributed by atoms with E-state index in [0.717, 1.165) is 19.3 Å². The van der Waals surface area contributed by atoms with Crippen LogP contribution in [0.15, 0.2) is 0 Å². The fraction of sp³-hybridized carbons (Fsp3) is 0.857. The molecule has 0 aromatic heterocycles. The van der Waals surface area contributed by atoms with Crippen LogP contribution in [0.1, 0.15) is 32.1 Å². The molecule has 0 unspecified atom stereocenters. The van der Waals surface area contributed by atoms with Gasteiger partial charge in [-0.2, -0.15) is 0 Å². The molecule has 1 aliphatic heterocycles. The maximum absolute atomic E-state index is 12.2. The molecule has 2 rings (SSSR count). The van der Waals surface area contributed by atoms with Crippen LogP contribution in [0, 0.1) is 5.92 Å². The van der Waals surface area contributed by atoms with Crippen molar-refractivity contribution in [3.63, 3.8) is 0 Å². The highest BCUT2D eigenvalue weighted by atomic mass is 16.4. The van der Waals surface area contributed by atoms with Crippen molar-refractivity contribution >= 4 is 12.0 Å². The first-order valence-electron chi connectivity index (χ1n) is 7.38. The monoisotopic (exact) mass is 283 g/mol. The molecular formula is C14H25N3O3. The molecule has 0 aromatic carbocycles. The summed E-state index contributed by atoms with van der Waals surface area (Å²) in [4.78, 5) is 27.0. The Morgan fingerprint density at radius 1 is 1.35 bits per heavy atom. The predicted octanol–water partition coefficient (Wildman–Crippen LogP) is 0.977. The SMILES string of the molecule is CN(C)C1(CNC(=O)N2CCC[C@H](C(=O)O)C2)CCC1. The summed E-state index contributed by atoms with van der Waals surface area (Å²) in [6.07, 6.45) is 4.86. The molecule has 2 fully saturated rings. The number of likely N-dealkylation sites (N-methyl/N-ethyl adjacent to an activating group) is 1. The van der Waals surface area contributed by atoms with E-state index in [-0.39, 0.29) is 11.6 Å². The van der Waals surface area contributed by atoms with Gasteiger partial charge in [0.05, 0.1) is 5.92 Å². The number of likely N-dealkylation sites (tertiary alicyclic amines) is 1. The molecule has 6 heteroatoms. The zero-order valence-electron chi connectivity index (χ0n) is 12.4. The largest absolute Gasteiger partial charge is 0.481 e. The lowest BCUT2D eigenvalue weighted by Gasteiger charge is -2.47. The molecule has 2 N–H and O–H groups in total. The number of amides is 2. The molecule has 114 valence electrons. The number of nitrogens with one attached hydrogen (secondary N) is 1. The summed E-state index contributed by atoms with van der Waals surface area (Å²) in [6.45, 7) is 1.63. The van der Waals surface area contributed by atoms with E-state index in [2.05, 4.69) is 10.2 Å². The maximum Gasteiger partial charge on any atom is 0.317 e. The zero-order valence-corrected chi connectivity index (χ0v) is 12.4. The fourth-order valence-electron chi connectivity index (χ4n) is 3.08. The van der Waals surface area contributed by atoms with Crippen molar-refractivity contribution in [2.45, 2.75) is 37.6 Å². The highest BCUT2D eigenvalue weighted by molar-refractivity contribution is 5.76. The Kier molecular flexibility index (Phi) is 4.52. The summed E-state index contributed by atoms with van der Waals surface area (Å²) in [6, 6.07) is -0.121. The molecule has 2 aliphatic rings. The van der Waals surface area contributed by atoms with Crippen LogP contribution in [0.3, 0.4) is 0 Å². The van der Waals surface area contributed by atoms with E-state index >= 15 is 0 Å². The molecule has 1 saturated heterocycles. The van der Waals surface area contributed by atoms with E-state index in [0.29, 0.717) is 26.1 Å². The summed E-state index contributed by atoms with van der Waals surface area (Å²) in [7, 11) is 4.10. The van der Waals surface area contributed by atoms with Crippen LogP contribution in [0.5, 0.6) is 0 Å². The number of hydrogen-bond acceptors (Lipinski definition) is 3. The topological polar surface area (TPSA) is 72.9 Å². The second kappa shape index (κ2) is 5.99. The van der Waals surface area contributed by atoms with Crippen LogP contribution < -0.4 is 5.32 Å². The summed E-state index contributed by atoms with van der Waals surface area (Å²) < 4.78 is 0. The summed E-state index contributed by atoms with van der Waals surface area (Å²) in [5.41, 5.74) is 0.0949. The number of carboxylic acids is 1. The molecule has 1 saturated carbocycles. The van der Waals surface area contributed by atoms with Gasteiger partial charge in [-0.3, -0.25) is 4.79 Å². The molecule has 0 bridgehead atoms. The minimum atomic E-state index is -0.800. The van der Waals surface area contributed by atoms with Crippen LogP contribution in [-0.2, 0) is 4.79 Å². The fourth-order valence-corrected chi connectivity index (χ4v) is 3.08. The lowest BCUT2D eigenvalue weighted by Crippen LogP contribution is -2.59. The van der Waals surface area contributed by atoms with Crippen LogP contribution >= 0.6 is 0 Å². The number of aliphatic carboxylic acids is 1. The summed E-state index contributed by atoms with van der Waals surface area (Å²) in [5.74, 6) is -1.22. The van der Waals surface area contributed by atoms with Crippen LogP contribution in [0.25, 0.3) is 0 Å².